The molecule has 1 aromatic rings. The van der Waals surface area contributed by atoms with Gasteiger partial charge in [0.05, 0.1) is 17.8 Å². The van der Waals surface area contributed by atoms with Gasteiger partial charge in [-0.2, -0.15) is 5.10 Å². The molecule has 0 N–H and O–H groups in total. The molecule has 0 aliphatic carbocycles. The zero-order chi connectivity index (χ0) is 11.7. The number of hydrogen-bond donors (Lipinski definition) is 0. The van der Waals surface area contributed by atoms with Gasteiger partial charge in [-0.3, -0.25) is 5.01 Å². The molecule has 0 radical (unpaired) electrons. The van der Waals surface area contributed by atoms with E-state index in [1.165, 1.54) is 0 Å². The van der Waals surface area contributed by atoms with Gasteiger partial charge in [-0.1, -0.05) is 24.6 Å². The molecular formula is C12H15ClN2O. The van der Waals surface area contributed by atoms with Crippen LogP contribution in [0.5, 0.6) is 5.75 Å². The molecule has 2 rings (SSSR count). The molecule has 1 unspecified atom stereocenters. The van der Waals surface area contributed by atoms with Crippen LogP contribution in [0, 0.1) is 5.92 Å². The number of hydrazone groups is 1. The number of rotatable bonds is 2. The quantitative estimate of drug-likeness (QED) is 0.791. The topological polar surface area (TPSA) is 24.8 Å². The van der Waals surface area contributed by atoms with E-state index in [1.54, 1.807) is 7.11 Å². The van der Waals surface area contributed by atoms with Gasteiger partial charge in [0.25, 0.3) is 0 Å². The Labute approximate surface area is 101 Å². The molecule has 3 nitrogen and oxygen atoms in total. The lowest BCUT2D eigenvalue weighted by Gasteiger charge is -2.11. The summed E-state index contributed by atoms with van der Waals surface area (Å²) in [5, 5.41) is 7.07. The Hall–Kier alpha value is -1.22. The van der Waals surface area contributed by atoms with Gasteiger partial charge in [-0.15, -0.1) is 0 Å². The van der Waals surface area contributed by atoms with E-state index in [0.717, 1.165) is 17.8 Å². The lowest BCUT2D eigenvalue weighted by Crippen LogP contribution is -2.14. The van der Waals surface area contributed by atoms with Gasteiger partial charge >= 0.3 is 0 Å². The number of hydrogen-bond acceptors (Lipinski definition) is 3. The molecular weight excluding hydrogens is 224 g/mol. The van der Waals surface area contributed by atoms with Crippen molar-refractivity contribution in [3.63, 3.8) is 0 Å². The molecule has 0 fully saturated rings. The van der Waals surface area contributed by atoms with E-state index >= 15 is 0 Å². The van der Waals surface area contributed by atoms with Crippen molar-refractivity contribution in [2.24, 2.45) is 11.0 Å². The number of benzene rings is 1. The maximum absolute atomic E-state index is 6.10. The Kier molecular flexibility index (Phi) is 3.06. The van der Waals surface area contributed by atoms with Crippen LogP contribution >= 0.6 is 11.6 Å². The smallest absolute Gasteiger partial charge is 0.146 e. The summed E-state index contributed by atoms with van der Waals surface area (Å²) >= 11 is 6.10. The Bertz CT molecular complexity index is 431. The van der Waals surface area contributed by atoms with Crippen LogP contribution < -0.4 is 4.74 Å². The number of methoxy groups -OCH3 is 1. The van der Waals surface area contributed by atoms with E-state index in [9.17, 15) is 0 Å². The van der Waals surface area contributed by atoms with Crippen LogP contribution in [-0.4, -0.2) is 31.4 Å². The van der Waals surface area contributed by atoms with Gasteiger partial charge in [-0.05, 0) is 12.1 Å². The highest BCUT2D eigenvalue weighted by Crippen LogP contribution is 2.31. The van der Waals surface area contributed by atoms with Crippen molar-refractivity contribution < 1.29 is 4.74 Å². The van der Waals surface area contributed by atoms with E-state index in [-0.39, 0.29) is 0 Å². The van der Waals surface area contributed by atoms with Crippen LogP contribution in [0.3, 0.4) is 0 Å². The van der Waals surface area contributed by atoms with Gasteiger partial charge < -0.3 is 4.74 Å². The third-order valence-corrected chi connectivity index (χ3v) is 3.03. The van der Waals surface area contributed by atoms with Crippen molar-refractivity contribution in [2.45, 2.75) is 6.92 Å². The second kappa shape index (κ2) is 4.34. The predicted molar refractivity (Wildman–Crippen MR) is 66.3 cm³/mol. The van der Waals surface area contributed by atoms with Crippen LogP contribution in [0.25, 0.3) is 0 Å². The molecule has 0 saturated carbocycles. The average Bonchev–Trinajstić information content (AvgIpc) is 2.57. The summed E-state index contributed by atoms with van der Waals surface area (Å²) in [5.74, 6) is 1.11. The van der Waals surface area contributed by atoms with Gasteiger partial charge in [0.2, 0.25) is 0 Å². The minimum atomic E-state index is 0.400. The molecule has 0 aromatic heterocycles. The van der Waals surface area contributed by atoms with Gasteiger partial charge in [0, 0.05) is 25.1 Å². The van der Waals surface area contributed by atoms with Crippen molar-refractivity contribution in [1.29, 1.82) is 0 Å². The molecule has 1 atom stereocenters. The fraction of sp³-hybridized carbons (Fsp3) is 0.417. The number of nitrogens with zero attached hydrogens (tertiary/aromatic N) is 2. The molecule has 0 amide bonds. The maximum atomic E-state index is 6.10. The second-order valence-electron chi connectivity index (χ2n) is 4.05. The van der Waals surface area contributed by atoms with E-state index < -0.39 is 0 Å². The third-order valence-electron chi connectivity index (χ3n) is 2.73. The Morgan fingerprint density at radius 2 is 2.25 bits per heavy atom. The van der Waals surface area contributed by atoms with Crippen molar-refractivity contribution in [3.8, 4) is 5.75 Å². The Morgan fingerprint density at radius 1 is 1.50 bits per heavy atom. The summed E-state index contributed by atoms with van der Waals surface area (Å²) in [6.45, 7) is 3.09. The molecule has 86 valence electrons. The zero-order valence-electron chi connectivity index (χ0n) is 9.70. The molecule has 1 aliphatic rings. The van der Waals surface area contributed by atoms with E-state index in [1.807, 2.05) is 30.3 Å². The summed E-state index contributed by atoms with van der Waals surface area (Å²) in [7, 11) is 3.61. The monoisotopic (exact) mass is 238 g/mol. The minimum absolute atomic E-state index is 0.400. The summed E-state index contributed by atoms with van der Waals surface area (Å²) in [5.41, 5.74) is 2.04. The molecule has 0 spiro atoms. The SMILES string of the molecule is COc1c(Cl)cccc1C1=NN(C)CC1C. The van der Waals surface area contributed by atoms with Crippen LogP contribution in [0.4, 0.5) is 0 Å². The maximum Gasteiger partial charge on any atom is 0.146 e. The van der Waals surface area contributed by atoms with Crippen molar-refractivity contribution in [2.75, 3.05) is 20.7 Å². The van der Waals surface area contributed by atoms with Crippen LogP contribution in [0.1, 0.15) is 12.5 Å². The standard InChI is InChI=1S/C12H15ClN2O/c1-8-7-15(2)14-11(8)9-5-4-6-10(13)12(9)16-3/h4-6,8H,7H2,1-3H3. The van der Waals surface area contributed by atoms with Gasteiger partial charge in [0.1, 0.15) is 5.75 Å². The summed E-state index contributed by atoms with van der Waals surface area (Å²) in [6, 6.07) is 5.75. The highest BCUT2D eigenvalue weighted by molar-refractivity contribution is 6.32. The molecule has 4 heteroatoms. The molecule has 1 heterocycles. The van der Waals surface area contributed by atoms with Gasteiger partial charge in [-0.25, -0.2) is 0 Å². The molecule has 0 bridgehead atoms. The average molecular weight is 239 g/mol. The fourth-order valence-electron chi connectivity index (χ4n) is 2.04. The lowest BCUT2D eigenvalue weighted by molar-refractivity contribution is 0.368. The fourth-order valence-corrected chi connectivity index (χ4v) is 2.30. The predicted octanol–water partition coefficient (Wildman–Crippen LogP) is 2.63. The Morgan fingerprint density at radius 3 is 2.81 bits per heavy atom. The highest BCUT2D eigenvalue weighted by Gasteiger charge is 2.24. The molecule has 0 saturated heterocycles. The number of ether oxygens (including phenoxy) is 1. The lowest BCUT2D eigenvalue weighted by atomic mass is 9.98. The zero-order valence-corrected chi connectivity index (χ0v) is 10.5. The van der Waals surface area contributed by atoms with Gasteiger partial charge in [0.15, 0.2) is 0 Å². The molecule has 16 heavy (non-hydrogen) atoms. The first-order valence-electron chi connectivity index (χ1n) is 5.26. The van der Waals surface area contributed by atoms with E-state index in [2.05, 4.69) is 12.0 Å². The molecule has 1 aliphatic heterocycles. The number of halogens is 1. The largest absolute Gasteiger partial charge is 0.494 e. The normalized spacial score (nSPS) is 19.9. The molecule has 1 aromatic carbocycles. The van der Waals surface area contributed by atoms with Crippen molar-refractivity contribution in [3.05, 3.63) is 28.8 Å². The Balaban J connectivity index is 2.48. The summed E-state index contributed by atoms with van der Waals surface area (Å²) in [4.78, 5) is 0. The third kappa shape index (κ3) is 1.87. The van der Waals surface area contributed by atoms with E-state index in [4.69, 9.17) is 16.3 Å². The van der Waals surface area contributed by atoms with Crippen LogP contribution in [-0.2, 0) is 0 Å². The minimum Gasteiger partial charge on any atom is -0.494 e. The summed E-state index contributed by atoms with van der Waals surface area (Å²) in [6.07, 6.45) is 0. The highest BCUT2D eigenvalue weighted by atomic mass is 35.5. The second-order valence-corrected chi connectivity index (χ2v) is 4.45. The summed E-state index contributed by atoms with van der Waals surface area (Å²) < 4.78 is 5.34. The van der Waals surface area contributed by atoms with E-state index in [0.29, 0.717) is 16.7 Å². The number of para-hydroxylation sites is 1. The van der Waals surface area contributed by atoms with Crippen molar-refractivity contribution >= 4 is 17.3 Å². The van der Waals surface area contributed by atoms with Crippen molar-refractivity contribution in [1.82, 2.24) is 5.01 Å². The van der Waals surface area contributed by atoms with Crippen LogP contribution in [0.15, 0.2) is 23.3 Å². The first-order valence-corrected chi connectivity index (χ1v) is 5.63. The van der Waals surface area contributed by atoms with Crippen LogP contribution in [0.2, 0.25) is 5.02 Å². The first kappa shape index (κ1) is 11.3. The first-order chi connectivity index (χ1) is 7.63.